The van der Waals surface area contributed by atoms with Crippen LogP contribution in [0, 0.1) is 11.7 Å². The van der Waals surface area contributed by atoms with E-state index in [9.17, 15) is 4.39 Å². The van der Waals surface area contributed by atoms with Gasteiger partial charge in [0, 0.05) is 6.54 Å². The summed E-state index contributed by atoms with van der Waals surface area (Å²) in [6.45, 7) is 2.96. The number of hydrogen-bond donors (Lipinski definition) is 1. The van der Waals surface area contributed by atoms with Crippen molar-refractivity contribution in [2.24, 2.45) is 5.92 Å². The molecule has 3 atom stereocenters. The maximum atomic E-state index is 13.4. The summed E-state index contributed by atoms with van der Waals surface area (Å²) in [4.78, 5) is 0. The third kappa shape index (κ3) is 4.03. The van der Waals surface area contributed by atoms with Gasteiger partial charge in [-0.3, -0.25) is 0 Å². The van der Waals surface area contributed by atoms with Gasteiger partial charge in [0.1, 0.15) is 5.82 Å². The largest absolute Gasteiger partial charge is 0.369 e. The van der Waals surface area contributed by atoms with Crippen LogP contribution in [0.2, 0.25) is 0 Å². The topological polar surface area (TPSA) is 21.3 Å². The van der Waals surface area contributed by atoms with Crippen molar-refractivity contribution >= 4 is 0 Å². The molecular weight excluding hydrogens is 253 g/mol. The molecule has 20 heavy (non-hydrogen) atoms. The molecule has 1 saturated carbocycles. The second-order valence-corrected chi connectivity index (χ2v) is 5.73. The zero-order chi connectivity index (χ0) is 14.4. The Balaban J connectivity index is 2.08. The number of hydrogen-bond acceptors (Lipinski definition) is 2. The molecule has 1 fully saturated rings. The maximum absolute atomic E-state index is 13.4. The second-order valence-electron chi connectivity index (χ2n) is 5.73. The van der Waals surface area contributed by atoms with Gasteiger partial charge in [-0.1, -0.05) is 38.3 Å². The zero-order valence-electron chi connectivity index (χ0n) is 12.6. The lowest BCUT2D eigenvalue weighted by molar-refractivity contribution is -0.0611. The van der Waals surface area contributed by atoms with Crippen LogP contribution in [-0.2, 0) is 4.74 Å². The van der Waals surface area contributed by atoms with Crippen LogP contribution < -0.4 is 5.32 Å². The first-order valence-corrected chi connectivity index (χ1v) is 7.80. The molecule has 0 bridgehead atoms. The molecule has 3 unspecified atom stereocenters. The first-order chi connectivity index (χ1) is 9.74. The molecule has 0 spiro atoms. The number of nitrogens with one attached hydrogen (secondary N) is 1. The molecule has 1 aromatic carbocycles. The third-order valence-corrected chi connectivity index (χ3v) is 4.31. The lowest BCUT2D eigenvalue weighted by Crippen LogP contribution is -2.32. The van der Waals surface area contributed by atoms with Crippen molar-refractivity contribution in [3.8, 4) is 0 Å². The van der Waals surface area contributed by atoms with Crippen LogP contribution in [0.25, 0.3) is 0 Å². The summed E-state index contributed by atoms with van der Waals surface area (Å²) in [6.07, 6.45) is 6.37. The van der Waals surface area contributed by atoms with Crippen molar-refractivity contribution in [1.82, 2.24) is 5.32 Å². The number of likely N-dealkylation sites (N-methyl/N-ethyl adjacent to an activating group) is 1. The summed E-state index contributed by atoms with van der Waals surface area (Å²) in [6, 6.07) is 6.78. The SMILES string of the molecule is CCC1CCCCC1OC(CNC)c1cccc(F)c1. The molecule has 0 aliphatic heterocycles. The Morgan fingerprint density at radius 1 is 1.35 bits per heavy atom. The highest BCUT2D eigenvalue weighted by Gasteiger charge is 2.27. The summed E-state index contributed by atoms with van der Waals surface area (Å²) >= 11 is 0. The van der Waals surface area contributed by atoms with E-state index in [0.717, 1.165) is 18.5 Å². The van der Waals surface area contributed by atoms with E-state index in [4.69, 9.17) is 4.74 Å². The van der Waals surface area contributed by atoms with Crippen molar-refractivity contribution in [2.45, 2.75) is 51.2 Å². The Kier molecular flexibility index (Phi) is 5.99. The van der Waals surface area contributed by atoms with Gasteiger partial charge in [0.2, 0.25) is 0 Å². The molecule has 1 N–H and O–H groups in total. The second kappa shape index (κ2) is 7.75. The van der Waals surface area contributed by atoms with Crippen LogP contribution in [0.3, 0.4) is 0 Å². The van der Waals surface area contributed by atoms with Gasteiger partial charge in [0.25, 0.3) is 0 Å². The van der Waals surface area contributed by atoms with E-state index >= 15 is 0 Å². The van der Waals surface area contributed by atoms with Crippen LogP contribution in [0.1, 0.15) is 50.7 Å². The van der Waals surface area contributed by atoms with Crippen LogP contribution in [-0.4, -0.2) is 19.7 Å². The minimum atomic E-state index is -0.192. The lowest BCUT2D eigenvalue weighted by Gasteiger charge is -2.34. The van der Waals surface area contributed by atoms with Crippen molar-refractivity contribution in [3.05, 3.63) is 35.6 Å². The van der Waals surface area contributed by atoms with E-state index in [1.165, 1.54) is 31.7 Å². The number of benzene rings is 1. The molecule has 3 heteroatoms. The van der Waals surface area contributed by atoms with Gasteiger partial charge in [-0.15, -0.1) is 0 Å². The highest BCUT2D eigenvalue weighted by molar-refractivity contribution is 5.19. The summed E-state index contributed by atoms with van der Waals surface area (Å²) in [5.74, 6) is 0.458. The average molecular weight is 279 g/mol. The molecule has 0 radical (unpaired) electrons. The predicted molar refractivity (Wildman–Crippen MR) is 80.2 cm³/mol. The number of ether oxygens (including phenoxy) is 1. The summed E-state index contributed by atoms with van der Waals surface area (Å²) in [5.41, 5.74) is 0.930. The van der Waals surface area contributed by atoms with Gasteiger partial charge in [-0.25, -0.2) is 4.39 Å². The molecule has 112 valence electrons. The lowest BCUT2D eigenvalue weighted by atomic mass is 9.84. The molecule has 2 nitrogen and oxygen atoms in total. The maximum Gasteiger partial charge on any atom is 0.123 e. The molecule has 1 aliphatic rings. The van der Waals surface area contributed by atoms with E-state index in [1.54, 1.807) is 12.1 Å². The molecule has 2 rings (SSSR count). The van der Waals surface area contributed by atoms with Crippen LogP contribution in [0.4, 0.5) is 4.39 Å². The van der Waals surface area contributed by atoms with Crippen molar-refractivity contribution in [1.29, 1.82) is 0 Å². The van der Waals surface area contributed by atoms with E-state index in [2.05, 4.69) is 12.2 Å². The van der Waals surface area contributed by atoms with E-state index in [0.29, 0.717) is 12.0 Å². The first kappa shape index (κ1) is 15.5. The van der Waals surface area contributed by atoms with E-state index in [-0.39, 0.29) is 11.9 Å². The van der Waals surface area contributed by atoms with Crippen LogP contribution in [0.15, 0.2) is 24.3 Å². The minimum absolute atomic E-state index is 0.0622. The number of rotatable bonds is 6. The van der Waals surface area contributed by atoms with Gasteiger partial charge in [-0.2, -0.15) is 0 Å². The highest BCUT2D eigenvalue weighted by atomic mass is 19.1. The van der Waals surface area contributed by atoms with Gasteiger partial charge < -0.3 is 10.1 Å². The average Bonchev–Trinajstić information content (AvgIpc) is 2.47. The van der Waals surface area contributed by atoms with Gasteiger partial charge in [0.15, 0.2) is 0 Å². The van der Waals surface area contributed by atoms with Crippen LogP contribution in [0.5, 0.6) is 0 Å². The number of halogens is 1. The molecule has 0 saturated heterocycles. The fourth-order valence-corrected chi connectivity index (χ4v) is 3.17. The van der Waals surface area contributed by atoms with Gasteiger partial charge in [-0.05, 0) is 43.5 Å². The monoisotopic (exact) mass is 279 g/mol. The highest BCUT2D eigenvalue weighted by Crippen LogP contribution is 2.32. The molecule has 0 heterocycles. The Hall–Kier alpha value is -0.930. The van der Waals surface area contributed by atoms with Gasteiger partial charge in [0.05, 0.1) is 12.2 Å². The molecule has 0 amide bonds. The van der Waals surface area contributed by atoms with Crippen molar-refractivity contribution in [2.75, 3.05) is 13.6 Å². The quantitative estimate of drug-likeness (QED) is 0.847. The third-order valence-electron chi connectivity index (χ3n) is 4.31. The first-order valence-electron chi connectivity index (χ1n) is 7.80. The molecule has 1 aromatic rings. The zero-order valence-corrected chi connectivity index (χ0v) is 12.6. The van der Waals surface area contributed by atoms with Crippen LogP contribution >= 0.6 is 0 Å². The summed E-state index contributed by atoms with van der Waals surface area (Å²) < 4.78 is 19.8. The smallest absolute Gasteiger partial charge is 0.123 e. The summed E-state index contributed by atoms with van der Waals surface area (Å²) in [7, 11) is 1.91. The standard InChI is InChI=1S/C17H26FNO/c1-3-13-7-4-5-10-16(13)20-17(12-19-2)14-8-6-9-15(18)11-14/h6,8-9,11,13,16-17,19H,3-5,7,10,12H2,1-2H3. The minimum Gasteiger partial charge on any atom is -0.369 e. The fraction of sp³-hybridized carbons (Fsp3) is 0.647. The molecule has 1 aliphatic carbocycles. The fourth-order valence-electron chi connectivity index (χ4n) is 3.17. The Bertz CT molecular complexity index is 410. The normalized spacial score (nSPS) is 24.6. The molecular formula is C17H26FNO. The Labute approximate surface area is 121 Å². The van der Waals surface area contributed by atoms with Crippen molar-refractivity contribution in [3.63, 3.8) is 0 Å². The summed E-state index contributed by atoms with van der Waals surface area (Å²) in [5, 5.41) is 3.16. The van der Waals surface area contributed by atoms with Gasteiger partial charge >= 0.3 is 0 Å². The Morgan fingerprint density at radius 3 is 2.85 bits per heavy atom. The Morgan fingerprint density at radius 2 is 2.15 bits per heavy atom. The van der Waals surface area contributed by atoms with E-state index < -0.39 is 0 Å². The van der Waals surface area contributed by atoms with E-state index in [1.807, 2.05) is 13.1 Å². The predicted octanol–water partition coefficient (Wildman–Crippen LogP) is 4.07. The van der Waals surface area contributed by atoms with Crippen molar-refractivity contribution < 1.29 is 9.13 Å². The molecule has 0 aromatic heterocycles.